The highest BCUT2D eigenvalue weighted by molar-refractivity contribution is 7.91. The van der Waals surface area contributed by atoms with Crippen molar-refractivity contribution >= 4 is 32.7 Å². The number of imidazole rings is 1. The van der Waals surface area contributed by atoms with E-state index in [4.69, 9.17) is 0 Å². The van der Waals surface area contributed by atoms with E-state index in [-0.39, 0.29) is 22.4 Å². The van der Waals surface area contributed by atoms with Gasteiger partial charge in [0.2, 0.25) is 9.84 Å². The van der Waals surface area contributed by atoms with Gasteiger partial charge in [0.15, 0.2) is 5.03 Å². The molecule has 0 aliphatic rings. The van der Waals surface area contributed by atoms with Crippen molar-refractivity contribution in [3.63, 3.8) is 0 Å². The third kappa shape index (κ3) is 4.33. The van der Waals surface area contributed by atoms with Gasteiger partial charge in [-0.05, 0) is 42.0 Å². The molecule has 5 aromatic rings. The lowest BCUT2D eigenvalue weighted by Crippen LogP contribution is -2.23. The van der Waals surface area contributed by atoms with Crippen LogP contribution in [0.4, 0.5) is 4.39 Å². The van der Waals surface area contributed by atoms with E-state index in [9.17, 15) is 17.6 Å². The number of carbonyl (C=O) groups excluding carboxylic acids is 1. The number of halogens is 1. The van der Waals surface area contributed by atoms with Gasteiger partial charge in [-0.15, -0.1) is 11.3 Å². The molecule has 0 radical (unpaired) electrons. The summed E-state index contributed by atoms with van der Waals surface area (Å²) in [6, 6.07) is 15.6. The van der Waals surface area contributed by atoms with Crippen molar-refractivity contribution < 1.29 is 17.6 Å². The number of nitrogens with one attached hydrogen (secondary N) is 1. The predicted octanol–water partition coefficient (Wildman–Crippen LogP) is 4.36. The molecule has 10 heteroatoms. The number of carbonyl (C=O) groups is 1. The van der Waals surface area contributed by atoms with Crippen molar-refractivity contribution in [1.29, 1.82) is 0 Å². The van der Waals surface area contributed by atoms with Crippen LogP contribution in [0.15, 0.2) is 94.6 Å². The monoisotopic (exact) mass is 492 g/mol. The first-order valence-electron chi connectivity index (χ1n) is 10.2. The Morgan fingerprint density at radius 3 is 2.71 bits per heavy atom. The second kappa shape index (κ2) is 8.81. The maximum atomic E-state index is 13.5. The first kappa shape index (κ1) is 21.9. The van der Waals surface area contributed by atoms with Crippen molar-refractivity contribution in [2.75, 3.05) is 0 Å². The van der Waals surface area contributed by atoms with E-state index < -0.39 is 15.7 Å². The Morgan fingerprint density at radius 1 is 1.09 bits per heavy atom. The fourth-order valence-corrected chi connectivity index (χ4v) is 5.72. The highest BCUT2D eigenvalue weighted by atomic mass is 32.2. The van der Waals surface area contributed by atoms with Crippen LogP contribution < -0.4 is 5.32 Å². The van der Waals surface area contributed by atoms with Crippen molar-refractivity contribution in [3.8, 4) is 10.6 Å². The summed E-state index contributed by atoms with van der Waals surface area (Å²) in [4.78, 5) is 20.9. The predicted molar refractivity (Wildman–Crippen MR) is 126 cm³/mol. The van der Waals surface area contributed by atoms with Crippen LogP contribution in [0.25, 0.3) is 16.2 Å². The number of rotatable bonds is 6. The van der Waals surface area contributed by atoms with Gasteiger partial charge in [-0.3, -0.25) is 4.79 Å². The second-order valence-electron chi connectivity index (χ2n) is 7.44. The summed E-state index contributed by atoms with van der Waals surface area (Å²) < 4.78 is 41.2. The van der Waals surface area contributed by atoms with Gasteiger partial charge in [0, 0.05) is 36.1 Å². The van der Waals surface area contributed by atoms with Crippen LogP contribution in [0, 0.1) is 5.82 Å². The standard InChI is InChI=1S/C24H17FN4O3S2/c25-19-3-1-2-17(12-19)24-28-22(15-33-24)34(31,32)20-7-4-16(5-8-20)13-27-23(30)18-6-9-21-26-10-11-29(21)14-18/h1-12,14-15H,13H2,(H,27,30). The SMILES string of the molecule is O=C(NCc1ccc(S(=O)(=O)c2csc(-c3cccc(F)c3)n2)cc1)c1ccc2nccn2c1. The molecule has 0 atom stereocenters. The molecule has 34 heavy (non-hydrogen) atoms. The summed E-state index contributed by atoms with van der Waals surface area (Å²) in [6.45, 7) is 0.238. The number of sulfone groups is 1. The first-order valence-corrected chi connectivity index (χ1v) is 12.5. The number of amides is 1. The molecule has 0 unspecified atom stereocenters. The zero-order valence-corrected chi connectivity index (χ0v) is 19.2. The lowest BCUT2D eigenvalue weighted by atomic mass is 10.2. The van der Waals surface area contributed by atoms with Crippen LogP contribution in [0.3, 0.4) is 0 Å². The number of thiazole rings is 1. The number of pyridine rings is 1. The van der Waals surface area contributed by atoms with Gasteiger partial charge in [-0.25, -0.2) is 22.8 Å². The molecule has 3 heterocycles. The molecule has 3 aromatic heterocycles. The summed E-state index contributed by atoms with van der Waals surface area (Å²) >= 11 is 1.14. The Balaban J connectivity index is 1.28. The third-order valence-electron chi connectivity index (χ3n) is 5.17. The van der Waals surface area contributed by atoms with Crippen molar-refractivity contribution in [3.05, 3.63) is 102 Å². The van der Waals surface area contributed by atoms with Gasteiger partial charge in [0.1, 0.15) is 16.5 Å². The lowest BCUT2D eigenvalue weighted by Gasteiger charge is -2.07. The van der Waals surface area contributed by atoms with Gasteiger partial charge in [0.25, 0.3) is 5.91 Å². The Hall–Kier alpha value is -3.89. The van der Waals surface area contributed by atoms with E-state index in [2.05, 4.69) is 15.3 Å². The fraction of sp³-hybridized carbons (Fsp3) is 0.0417. The van der Waals surface area contributed by atoms with Crippen molar-refractivity contribution in [2.45, 2.75) is 16.5 Å². The number of aromatic nitrogens is 3. The number of hydrogen-bond donors (Lipinski definition) is 1. The van der Waals surface area contributed by atoms with Gasteiger partial charge in [0.05, 0.1) is 10.5 Å². The fourth-order valence-electron chi connectivity index (χ4n) is 3.38. The maximum absolute atomic E-state index is 13.5. The minimum Gasteiger partial charge on any atom is -0.348 e. The molecule has 0 aliphatic heterocycles. The van der Waals surface area contributed by atoms with Crippen LogP contribution in [0.5, 0.6) is 0 Å². The van der Waals surface area contributed by atoms with E-state index in [0.717, 1.165) is 22.5 Å². The highest BCUT2D eigenvalue weighted by Crippen LogP contribution is 2.29. The van der Waals surface area contributed by atoms with E-state index in [1.807, 2.05) is 0 Å². The number of hydrogen-bond acceptors (Lipinski definition) is 6. The summed E-state index contributed by atoms with van der Waals surface area (Å²) in [5, 5.41) is 4.60. The number of benzene rings is 2. The van der Waals surface area contributed by atoms with Crippen LogP contribution in [0.1, 0.15) is 15.9 Å². The molecule has 1 amide bonds. The Labute approximate surface area is 198 Å². The Bertz CT molecular complexity index is 1610. The van der Waals surface area contributed by atoms with Gasteiger partial charge < -0.3 is 9.72 Å². The smallest absolute Gasteiger partial charge is 0.253 e. The second-order valence-corrected chi connectivity index (χ2v) is 10.2. The van der Waals surface area contributed by atoms with E-state index in [1.54, 1.807) is 59.4 Å². The summed E-state index contributed by atoms with van der Waals surface area (Å²) in [5.41, 5.74) is 2.50. The molecule has 2 aromatic carbocycles. The summed E-state index contributed by atoms with van der Waals surface area (Å²) in [7, 11) is -3.83. The van der Waals surface area contributed by atoms with Crippen LogP contribution in [-0.2, 0) is 16.4 Å². The van der Waals surface area contributed by atoms with E-state index >= 15 is 0 Å². The Morgan fingerprint density at radius 2 is 1.91 bits per heavy atom. The van der Waals surface area contributed by atoms with Gasteiger partial charge in [-0.2, -0.15) is 0 Å². The molecular weight excluding hydrogens is 475 g/mol. The molecule has 170 valence electrons. The molecule has 7 nitrogen and oxygen atoms in total. The molecule has 0 bridgehead atoms. The molecule has 0 aliphatic carbocycles. The van der Waals surface area contributed by atoms with E-state index in [1.165, 1.54) is 29.6 Å². The molecule has 0 fully saturated rings. The highest BCUT2D eigenvalue weighted by Gasteiger charge is 2.21. The average Bonchev–Trinajstić information content (AvgIpc) is 3.52. The lowest BCUT2D eigenvalue weighted by molar-refractivity contribution is 0.0950. The zero-order valence-electron chi connectivity index (χ0n) is 17.6. The van der Waals surface area contributed by atoms with Crippen molar-refractivity contribution in [2.24, 2.45) is 0 Å². The van der Waals surface area contributed by atoms with Gasteiger partial charge >= 0.3 is 0 Å². The molecule has 0 saturated heterocycles. The first-order chi connectivity index (χ1) is 16.4. The molecule has 0 spiro atoms. The zero-order chi connectivity index (χ0) is 23.7. The number of nitrogens with zero attached hydrogens (tertiary/aromatic N) is 3. The molecular formula is C24H17FN4O3S2. The van der Waals surface area contributed by atoms with Crippen LogP contribution in [0.2, 0.25) is 0 Å². The summed E-state index contributed by atoms with van der Waals surface area (Å²) in [5.74, 6) is -0.665. The van der Waals surface area contributed by atoms with Crippen LogP contribution >= 0.6 is 11.3 Å². The van der Waals surface area contributed by atoms with E-state index in [0.29, 0.717) is 16.1 Å². The normalized spacial score (nSPS) is 11.6. The topological polar surface area (TPSA) is 93.4 Å². The van der Waals surface area contributed by atoms with Crippen LogP contribution in [-0.4, -0.2) is 28.7 Å². The maximum Gasteiger partial charge on any atom is 0.253 e. The average molecular weight is 493 g/mol. The molecule has 5 rings (SSSR count). The minimum atomic E-state index is -3.83. The molecule has 0 saturated carbocycles. The third-order valence-corrected chi connectivity index (χ3v) is 7.86. The quantitative estimate of drug-likeness (QED) is 0.380. The Kier molecular flexibility index (Phi) is 5.68. The minimum absolute atomic E-state index is 0.0872. The summed E-state index contributed by atoms with van der Waals surface area (Å²) in [6.07, 6.45) is 5.11. The van der Waals surface area contributed by atoms with Crippen molar-refractivity contribution in [1.82, 2.24) is 19.7 Å². The number of fused-ring (bicyclic) bond motifs is 1. The largest absolute Gasteiger partial charge is 0.348 e. The molecule has 1 N–H and O–H groups in total. The van der Waals surface area contributed by atoms with Gasteiger partial charge in [-0.1, -0.05) is 24.3 Å².